The van der Waals surface area contributed by atoms with E-state index in [-0.39, 0.29) is 6.10 Å². The largest absolute Gasteiger partial charge is 0.457 e. The number of ether oxygens (including phenoxy) is 3. The Morgan fingerprint density at radius 2 is 2.04 bits per heavy atom. The minimum atomic E-state index is -0.826. The van der Waals surface area contributed by atoms with Gasteiger partial charge in [-0.3, -0.25) is 0 Å². The van der Waals surface area contributed by atoms with Crippen LogP contribution in [0.15, 0.2) is 60.9 Å². The summed E-state index contributed by atoms with van der Waals surface area (Å²) in [6.45, 7) is 4.75. The van der Waals surface area contributed by atoms with E-state index in [2.05, 4.69) is 23.8 Å². The van der Waals surface area contributed by atoms with Crippen LogP contribution < -0.4 is 4.74 Å². The first-order valence-electron chi connectivity index (χ1n) is 9.32. The normalized spacial score (nSPS) is 22.1. The van der Waals surface area contributed by atoms with Gasteiger partial charge in [-0.05, 0) is 49.2 Å². The number of aryl methyl sites for hydroxylation is 1. The van der Waals surface area contributed by atoms with Crippen molar-refractivity contribution in [3.63, 3.8) is 0 Å². The Morgan fingerprint density at radius 3 is 2.70 bits per heavy atom. The summed E-state index contributed by atoms with van der Waals surface area (Å²) < 4.78 is 18.6. The first-order chi connectivity index (χ1) is 13.2. The van der Waals surface area contributed by atoms with E-state index >= 15 is 0 Å². The van der Waals surface area contributed by atoms with Crippen LogP contribution in [0.3, 0.4) is 0 Å². The van der Waals surface area contributed by atoms with Gasteiger partial charge >= 0.3 is 0 Å². The summed E-state index contributed by atoms with van der Waals surface area (Å²) in [6.07, 6.45) is 5.10. The zero-order chi connectivity index (χ0) is 18.7. The Balaban J connectivity index is 1.64. The zero-order valence-electron chi connectivity index (χ0n) is 15.6. The minimum absolute atomic E-state index is 0.0830. The van der Waals surface area contributed by atoms with E-state index in [1.807, 2.05) is 54.7 Å². The fourth-order valence-electron chi connectivity index (χ4n) is 3.46. The van der Waals surface area contributed by atoms with Gasteiger partial charge in [-0.15, -0.1) is 0 Å². The van der Waals surface area contributed by atoms with Gasteiger partial charge in [0.15, 0.2) is 0 Å². The molecule has 0 bridgehead atoms. The third kappa shape index (κ3) is 3.75. The monoisotopic (exact) mass is 364 g/mol. The van der Waals surface area contributed by atoms with E-state index in [0.29, 0.717) is 13.0 Å². The predicted octanol–water partition coefficient (Wildman–Crippen LogP) is 4.73. The van der Waals surface area contributed by atoms with Gasteiger partial charge in [0.25, 0.3) is 0 Å². The van der Waals surface area contributed by atoms with E-state index < -0.39 is 5.79 Å². The molecular weight excluding hydrogens is 340 g/mol. The van der Waals surface area contributed by atoms with E-state index in [1.54, 1.807) is 6.20 Å². The molecule has 1 aromatic heterocycles. The molecule has 1 aliphatic rings. The summed E-state index contributed by atoms with van der Waals surface area (Å²) >= 11 is 0. The molecule has 0 spiro atoms. The molecule has 140 valence electrons. The van der Waals surface area contributed by atoms with Crippen molar-refractivity contribution in [3.05, 3.63) is 77.9 Å². The molecule has 5 heteroatoms. The predicted molar refractivity (Wildman–Crippen MR) is 103 cm³/mol. The maximum absolute atomic E-state index is 6.37. The van der Waals surface area contributed by atoms with Gasteiger partial charge in [-0.25, -0.2) is 4.98 Å². The van der Waals surface area contributed by atoms with Gasteiger partial charge in [-0.2, -0.15) is 0 Å². The molecule has 1 aliphatic heterocycles. The summed E-state index contributed by atoms with van der Waals surface area (Å²) in [6, 6.07) is 15.8. The highest BCUT2D eigenvalue weighted by Gasteiger charge is 2.44. The molecule has 2 unspecified atom stereocenters. The lowest BCUT2D eigenvalue weighted by Gasteiger charge is -2.29. The minimum Gasteiger partial charge on any atom is -0.457 e. The highest BCUT2D eigenvalue weighted by molar-refractivity contribution is 5.40. The third-order valence-corrected chi connectivity index (χ3v) is 4.86. The van der Waals surface area contributed by atoms with Gasteiger partial charge in [0, 0.05) is 18.0 Å². The molecule has 1 fully saturated rings. The average molecular weight is 364 g/mol. The number of hydrogen-bond donors (Lipinski definition) is 1. The van der Waals surface area contributed by atoms with Crippen LogP contribution in [0.5, 0.6) is 11.5 Å². The maximum atomic E-state index is 6.37. The Morgan fingerprint density at radius 1 is 1.19 bits per heavy atom. The second-order valence-electron chi connectivity index (χ2n) is 6.82. The summed E-state index contributed by atoms with van der Waals surface area (Å²) in [5.41, 5.74) is 2.07. The molecule has 5 nitrogen and oxygen atoms in total. The molecule has 0 saturated carbocycles. The molecule has 1 N–H and O–H groups in total. The lowest BCUT2D eigenvalue weighted by Crippen LogP contribution is -2.32. The number of benzene rings is 2. The van der Waals surface area contributed by atoms with Gasteiger partial charge in [0.05, 0.1) is 19.1 Å². The van der Waals surface area contributed by atoms with Crippen molar-refractivity contribution in [2.45, 2.75) is 38.6 Å². The Bertz CT molecular complexity index is 880. The molecule has 0 radical (unpaired) electrons. The van der Waals surface area contributed by atoms with Gasteiger partial charge in [-0.1, -0.05) is 25.1 Å². The van der Waals surface area contributed by atoms with Crippen molar-refractivity contribution >= 4 is 0 Å². The number of rotatable bonds is 6. The SMILES string of the molecule is CCC1COC(Cc2ncc[nH]2)(c2ccc(Oc3ccccc3)cc2C)O1. The second-order valence-corrected chi connectivity index (χ2v) is 6.82. The van der Waals surface area contributed by atoms with Gasteiger partial charge in [0.1, 0.15) is 17.3 Å². The van der Waals surface area contributed by atoms with Crippen molar-refractivity contribution in [3.8, 4) is 11.5 Å². The first-order valence-corrected chi connectivity index (χ1v) is 9.32. The lowest BCUT2D eigenvalue weighted by molar-refractivity contribution is -0.177. The van der Waals surface area contributed by atoms with Crippen LogP contribution in [0, 0.1) is 6.92 Å². The van der Waals surface area contributed by atoms with E-state index in [1.165, 1.54) is 0 Å². The van der Waals surface area contributed by atoms with Crippen molar-refractivity contribution in [2.75, 3.05) is 6.61 Å². The summed E-state index contributed by atoms with van der Waals surface area (Å²) in [4.78, 5) is 7.52. The van der Waals surface area contributed by atoms with Gasteiger partial charge < -0.3 is 19.2 Å². The van der Waals surface area contributed by atoms with Crippen LogP contribution >= 0.6 is 0 Å². The number of nitrogens with zero attached hydrogens (tertiary/aromatic N) is 1. The topological polar surface area (TPSA) is 56.4 Å². The number of imidazole rings is 1. The lowest BCUT2D eigenvalue weighted by atomic mass is 9.96. The number of H-pyrrole nitrogens is 1. The smallest absolute Gasteiger partial charge is 0.202 e. The molecule has 1 saturated heterocycles. The molecule has 0 amide bonds. The van der Waals surface area contributed by atoms with Crippen LogP contribution in [0.25, 0.3) is 0 Å². The Kier molecular flexibility index (Phi) is 4.97. The molecule has 2 atom stereocenters. The summed E-state index contributed by atoms with van der Waals surface area (Å²) in [5, 5.41) is 0. The highest BCUT2D eigenvalue weighted by atomic mass is 16.7. The molecule has 27 heavy (non-hydrogen) atoms. The van der Waals surface area contributed by atoms with Crippen LogP contribution in [0.1, 0.15) is 30.3 Å². The summed E-state index contributed by atoms with van der Waals surface area (Å²) in [7, 11) is 0. The fourth-order valence-corrected chi connectivity index (χ4v) is 3.46. The molecule has 2 aromatic carbocycles. The molecule has 3 aromatic rings. The van der Waals surface area contributed by atoms with Crippen molar-refractivity contribution in [1.29, 1.82) is 0 Å². The molecule has 0 aliphatic carbocycles. The van der Waals surface area contributed by atoms with Crippen molar-refractivity contribution in [2.24, 2.45) is 0 Å². The number of aromatic nitrogens is 2. The Labute approximate surface area is 159 Å². The zero-order valence-corrected chi connectivity index (χ0v) is 15.6. The molecule has 4 rings (SSSR count). The number of hydrogen-bond acceptors (Lipinski definition) is 4. The number of aromatic amines is 1. The summed E-state index contributed by atoms with van der Waals surface area (Å²) in [5.74, 6) is 1.62. The maximum Gasteiger partial charge on any atom is 0.202 e. The Hall–Kier alpha value is -2.63. The highest BCUT2D eigenvalue weighted by Crippen LogP contribution is 2.40. The second kappa shape index (κ2) is 7.55. The van der Waals surface area contributed by atoms with Crippen LogP contribution in [-0.2, 0) is 21.7 Å². The molecule has 2 heterocycles. The number of para-hydroxylation sites is 1. The van der Waals surface area contributed by atoms with Crippen LogP contribution in [0.2, 0.25) is 0 Å². The van der Waals surface area contributed by atoms with Crippen molar-refractivity contribution < 1.29 is 14.2 Å². The quantitative estimate of drug-likeness (QED) is 0.687. The first kappa shape index (κ1) is 17.8. The third-order valence-electron chi connectivity index (χ3n) is 4.86. The van der Waals surface area contributed by atoms with Crippen LogP contribution in [-0.4, -0.2) is 22.7 Å². The number of nitrogens with one attached hydrogen (secondary N) is 1. The van der Waals surface area contributed by atoms with E-state index in [4.69, 9.17) is 14.2 Å². The van der Waals surface area contributed by atoms with E-state index in [0.717, 1.165) is 34.9 Å². The van der Waals surface area contributed by atoms with Crippen molar-refractivity contribution in [1.82, 2.24) is 9.97 Å². The van der Waals surface area contributed by atoms with Gasteiger partial charge in [0.2, 0.25) is 5.79 Å². The van der Waals surface area contributed by atoms with E-state index in [9.17, 15) is 0 Å². The molecular formula is C22H24N2O3. The van der Waals surface area contributed by atoms with Crippen LogP contribution in [0.4, 0.5) is 0 Å². The standard InChI is InChI=1S/C22H24N2O3/c1-3-17-15-25-22(27-17,14-21-23-11-12-24-21)20-10-9-19(13-16(20)2)26-18-7-5-4-6-8-18/h4-13,17H,3,14-15H2,1-2H3,(H,23,24). The fraction of sp³-hybridized carbons (Fsp3) is 0.318. The average Bonchev–Trinajstić information content (AvgIpc) is 3.33.